The highest BCUT2D eigenvalue weighted by Gasteiger charge is 2.32. The summed E-state index contributed by atoms with van der Waals surface area (Å²) in [7, 11) is 0. The largest absolute Gasteiger partial charge is 0.433 e. The summed E-state index contributed by atoms with van der Waals surface area (Å²) in [6.07, 6.45) is -2.24. The van der Waals surface area contributed by atoms with E-state index in [0.29, 0.717) is 5.57 Å². The Morgan fingerprint density at radius 3 is 2.64 bits per heavy atom. The molecule has 0 saturated carbocycles. The fourth-order valence-corrected chi connectivity index (χ4v) is 0.781. The number of hydrogen-bond donors (Lipinski definition) is 1. The normalized spacial score (nSPS) is 13.0. The SMILES string of the molecule is C/C(=C/N)c1nccc(C(F)(F)F)n1. The van der Waals surface area contributed by atoms with Crippen LogP contribution in [0.25, 0.3) is 5.57 Å². The molecular formula is C8H8F3N3. The topological polar surface area (TPSA) is 51.8 Å². The minimum atomic E-state index is -4.45. The predicted molar refractivity (Wildman–Crippen MR) is 44.9 cm³/mol. The van der Waals surface area contributed by atoms with Gasteiger partial charge in [-0.15, -0.1) is 0 Å². The maximum absolute atomic E-state index is 12.2. The van der Waals surface area contributed by atoms with Crippen LogP contribution < -0.4 is 5.73 Å². The Balaban J connectivity index is 3.14. The smallest absolute Gasteiger partial charge is 0.404 e. The van der Waals surface area contributed by atoms with Crippen molar-refractivity contribution in [2.45, 2.75) is 13.1 Å². The number of rotatable bonds is 1. The van der Waals surface area contributed by atoms with Crippen LogP contribution >= 0.6 is 0 Å². The second-order valence-corrected chi connectivity index (χ2v) is 2.61. The monoisotopic (exact) mass is 203 g/mol. The Hall–Kier alpha value is -1.59. The van der Waals surface area contributed by atoms with Crippen LogP contribution in [0, 0.1) is 0 Å². The molecular weight excluding hydrogens is 195 g/mol. The van der Waals surface area contributed by atoms with Crippen LogP contribution in [0.5, 0.6) is 0 Å². The maximum atomic E-state index is 12.2. The molecule has 0 atom stereocenters. The molecule has 1 heterocycles. The Kier molecular flexibility index (Phi) is 2.73. The average Bonchev–Trinajstić information content (AvgIpc) is 2.15. The molecule has 0 fully saturated rings. The van der Waals surface area contributed by atoms with E-state index in [4.69, 9.17) is 5.73 Å². The van der Waals surface area contributed by atoms with Gasteiger partial charge in [-0.05, 0) is 13.0 Å². The lowest BCUT2D eigenvalue weighted by Gasteiger charge is -2.06. The first-order valence-corrected chi connectivity index (χ1v) is 3.74. The van der Waals surface area contributed by atoms with Crippen molar-refractivity contribution >= 4 is 5.57 Å². The number of nitrogens with zero attached hydrogens (tertiary/aromatic N) is 2. The van der Waals surface area contributed by atoms with E-state index in [2.05, 4.69) is 9.97 Å². The first kappa shape index (κ1) is 10.5. The standard InChI is InChI=1S/C8H8F3N3/c1-5(4-12)7-13-3-2-6(14-7)8(9,10)11/h2-4H,12H2,1H3/b5-4-. The molecule has 1 aromatic heterocycles. The number of allylic oxidation sites excluding steroid dienone is 1. The van der Waals surface area contributed by atoms with Gasteiger partial charge in [0.05, 0.1) is 0 Å². The van der Waals surface area contributed by atoms with Crippen LogP contribution in [-0.2, 0) is 6.18 Å². The van der Waals surface area contributed by atoms with Crippen LogP contribution in [0.3, 0.4) is 0 Å². The lowest BCUT2D eigenvalue weighted by atomic mass is 10.3. The van der Waals surface area contributed by atoms with Gasteiger partial charge in [0.15, 0.2) is 5.82 Å². The molecule has 14 heavy (non-hydrogen) atoms. The molecule has 2 N–H and O–H groups in total. The molecule has 0 aromatic carbocycles. The Morgan fingerprint density at radius 1 is 1.50 bits per heavy atom. The third kappa shape index (κ3) is 2.21. The maximum Gasteiger partial charge on any atom is 0.433 e. The van der Waals surface area contributed by atoms with Gasteiger partial charge in [0.1, 0.15) is 5.69 Å². The number of hydrogen-bond acceptors (Lipinski definition) is 3. The van der Waals surface area contributed by atoms with Gasteiger partial charge in [0.25, 0.3) is 0 Å². The van der Waals surface area contributed by atoms with E-state index in [1.807, 2.05) is 0 Å². The molecule has 0 saturated heterocycles. The Bertz CT molecular complexity index is 357. The molecule has 0 spiro atoms. The third-order valence-electron chi connectivity index (χ3n) is 1.55. The molecule has 0 unspecified atom stereocenters. The van der Waals surface area contributed by atoms with Crippen LogP contribution in [0.1, 0.15) is 18.4 Å². The molecule has 0 aliphatic heterocycles. The highest BCUT2D eigenvalue weighted by atomic mass is 19.4. The van der Waals surface area contributed by atoms with Gasteiger partial charge in [-0.3, -0.25) is 0 Å². The highest BCUT2D eigenvalue weighted by molar-refractivity contribution is 5.56. The third-order valence-corrected chi connectivity index (χ3v) is 1.55. The zero-order chi connectivity index (χ0) is 10.8. The zero-order valence-corrected chi connectivity index (χ0v) is 7.34. The number of halogens is 3. The predicted octanol–water partition coefficient (Wildman–Crippen LogP) is 1.81. The van der Waals surface area contributed by atoms with Gasteiger partial charge in [-0.2, -0.15) is 13.2 Å². The molecule has 76 valence electrons. The van der Waals surface area contributed by atoms with Crippen LogP contribution in [-0.4, -0.2) is 9.97 Å². The van der Waals surface area contributed by atoms with Crippen LogP contribution in [0.2, 0.25) is 0 Å². The van der Waals surface area contributed by atoms with Gasteiger partial charge < -0.3 is 5.73 Å². The van der Waals surface area contributed by atoms with Crippen molar-refractivity contribution in [1.29, 1.82) is 0 Å². The summed E-state index contributed by atoms with van der Waals surface area (Å²) in [6, 6.07) is 0.813. The van der Waals surface area contributed by atoms with Gasteiger partial charge in [0, 0.05) is 18.0 Å². The van der Waals surface area contributed by atoms with Gasteiger partial charge in [0.2, 0.25) is 0 Å². The van der Waals surface area contributed by atoms with Gasteiger partial charge in [-0.25, -0.2) is 9.97 Å². The first-order valence-electron chi connectivity index (χ1n) is 3.74. The van der Waals surface area contributed by atoms with Crippen molar-refractivity contribution in [2.24, 2.45) is 5.73 Å². The second-order valence-electron chi connectivity index (χ2n) is 2.61. The minimum absolute atomic E-state index is 0.0117. The fourth-order valence-electron chi connectivity index (χ4n) is 0.781. The van der Waals surface area contributed by atoms with Crippen LogP contribution in [0.15, 0.2) is 18.5 Å². The highest BCUT2D eigenvalue weighted by Crippen LogP contribution is 2.27. The molecule has 3 nitrogen and oxygen atoms in total. The lowest BCUT2D eigenvalue weighted by Crippen LogP contribution is -2.10. The molecule has 1 aromatic rings. The molecule has 1 rings (SSSR count). The van der Waals surface area contributed by atoms with Crippen molar-refractivity contribution in [2.75, 3.05) is 0 Å². The molecule has 0 radical (unpaired) electrons. The summed E-state index contributed by atoms with van der Waals surface area (Å²) in [5, 5.41) is 0. The van der Waals surface area contributed by atoms with E-state index < -0.39 is 11.9 Å². The van der Waals surface area contributed by atoms with Crippen molar-refractivity contribution < 1.29 is 13.2 Å². The number of nitrogens with two attached hydrogens (primary N) is 1. The van der Waals surface area contributed by atoms with Crippen molar-refractivity contribution in [3.8, 4) is 0 Å². The lowest BCUT2D eigenvalue weighted by molar-refractivity contribution is -0.141. The number of aromatic nitrogens is 2. The molecule has 0 amide bonds. The molecule has 6 heteroatoms. The van der Waals surface area contributed by atoms with Crippen molar-refractivity contribution in [3.05, 3.63) is 30.0 Å². The summed E-state index contributed by atoms with van der Waals surface area (Å²) in [5.74, 6) is -0.0117. The van der Waals surface area contributed by atoms with Crippen LogP contribution in [0.4, 0.5) is 13.2 Å². The van der Waals surface area contributed by atoms with E-state index in [-0.39, 0.29) is 5.82 Å². The van der Waals surface area contributed by atoms with E-state index in [1.165, 1.54) is 6.92 Å². The quantitative estimate of drug-likeness (QED) is 0.757. The summed E-state index contributed by atoms with van der Waals surface area (Å²) < 4.78 is 36.6. The fraction of sp³-hybridized carbons (Fsp3) is 0.250. The van der Waals surface area contributed by atoms with Gasteiger partial charge >= 0.3 is 6.18 Å². The molecule has 0 bridgehead atoms. The average molecular weight is 203 g/mol. The van der Waals surface area contributed by atoms with E-state index in [1.54, 1.807) is 0 Å². The summed E-state index contributed by atoms with van der Waals surface area (Å²) in [6.45, 7) is 1.54. The number of alkyl halides is 3. The molecule has 0 aliphatic carbocycles. The van der Waals surface area contributed by atoms with Crippen molar-refractivity contribution in [3.63, 3.8) is 0 Å². The van der Waals surface area contributed by atoms with Gasteiger partial charge in [-0.1, -0.05) is 0 Å². The second kappa shape index (κ2) is 3.65. The van der Waals surface area contributed by atoms with Crippen molar-refractivity contribution in [1.82, 2.24) is 9.97 Å². The van der Waals surface area contributed by atoms with E-state index in [0.717, 1.165) is 18.5 Å². The Morgan fingerprint density at radius 2 is 2.14 bits per heavy atom. The minimum Gasteiger partial charge on any atom is -0.404 e. The van der Waals surface area contributed by atoms with E-state index >= 15 is 0 Å². The Labute approximate surface area is 78.5 Å². The first-order chi connectivity index (χ1) is 6.45. The molecule has 0 aliphatic rings. The zero-order valence-electron chi connectivity index (χ0n) is 7.34. The van der Waals surface area contributed by atoms with E-state index in [9.17, 15) is 13.2 Å². The summed E-state index contributed by atoms with van der Waals surface area (Å²) in [5.41, 5.74) is 4.57. The summed E-state index contributed by atoms with van der Waals surface area (Å²) >= 11 is 0. The summed E-state index contributed by atoms with van der Waals surface area (Å²) in [4.78, 5) is 6.99.